The lowest BCUT2D eigenvalue weighted by Crippen LogP contribution is -2.29. The Labute approximate surface area is 224 Å². The predicted octanol–water partition coefficient (Wildman–Crippen LogP) is 8.39. The van der Waals surface area contributed by atoms with Gasteiger partial charge in [0, 0.05) is 22.6 Å². The zero-order valence-corrected chi connectivity index (χ0v) is 21.4. The molecule has 1 aliphatic heterocycles. The van der Waals surface area contributed by atoms with Crippen LogP contribution in [-0.2, 0) is 0 Å². The van der Waals surface area contributed by atoms with Crippen molar-refractivity contribution in [2.45, 2.75) is 49.7 Å². The number of ether oxygens (including phenoxy) is 1. The van der Waals surface area contributed by atoms with E-state index in [1.165, 1.54) is 21.9 Å². The van der Waals surface area contributed by atoms with Crippen LogP contribution >= 0.6 is 0 Å². The molecular weight excluding hydrogens is 464 g/mol. The summed E-state index contributed by atoms with van der Waals surface area (Å²) in [5, 5.41) is 15.1. The first kappa shape index (κ1) is 23.0. The van der Waals surface area contributed by atoms with Crippen molar-refractivity contribution in [1.82, 2.24) is 0 Å². The summed E-state index contributed by atoms with van der Waals surface area (Å²) in [5.41, 5.74) is 6.52. The number of anilines is 1. The van der Waals surface area contributed by atoms with E-state index in [0.717, 1.165) is 48.3 Å². The Balaban J connectivity index is 1.18. The summed E-state index contributed by atoms with van der Waals surface area (Å²) in [6, 6.07) is 32.3. The number of benzene rings is 4. The molecule has 3 aliphatic rings. The van der Waals surface area contributed by atoms with E-state index < -0.39 is 0 Å². The van der Waals surface area contributed by atoms with E-state index in [0.29, 0.717) is 17.5 Å². The molecule has 0 bridgehead atoms. The Hall–Kier alpha value is -4.11. The molecule has 1 heterocycles. The fourth-order valence-corrected chi connectivity index (χ4v) is 6.63. The summed E-state index contributed by atoms with van der Waals surface area (Å²) in [6.45, 7) is 0. The van der Waals surface area contributed by atoms with Gasteiger partial charge in [-0.05, 0) is 71.9 Å². The molecule has 38 heavy (non-hydrogen) atoms. The van der Waals surface area contributed by atoms with E-state index >= 15 is 0 Å². The average molecular weight is 497 g/mol. The minimum Gasteiger partial charge on any atom is -0.485 e. The summed E-state index contributed by atoms with van der Waals surface area (Å²) >= 11 is 0. The van der Waals surface area contributed by atoms with Crippen molar-refractivity contribution < 1.29 is 4.74 Å². The summed E-state index contributed by atoms with van der Waals surface area (Å²) in [7, 11) is 0. The second-order valence-electron chi connectivity index (χ2n) is 10.7. The van der Waals surface area contributed by atoms with E-state index in [1.807, 2.05) is 30.3 Å². The Morgan fingerprint density at radius 1 is 0.895 bits per heavy atom. The third-order valence-corrected chi connectivity index (χ3v) is 8.47. The fraction of sp³-hybridized carbons (Fsp3) is 0.229. The van der Waals surface area contributed by atoms with Gasteiger partial charge in [-0.25, -0.2) is 0 Å². The number of hydrogen-bond donors (Lipinski definition) is 2. The molecule has 4 aromatic rings. The molecule has 0 spiro atoms. The van der Waals surface area contributed by atoms with Crippen molar-refractivity contribution in [1.29, 1.82) is 5.41 Å². The predicted molar refractivity (Wildman–Crippen MR) is 157 cm³/mol. The van der Waals surface area contributed by atoms with Crippen LogP contribution in [0.5, 0.6) is 5.75 Å². The first-order valence-electron chi connectivity index (χ1n) is 13.8. The average Bonchev–Trinajstić information content (AvgIpc) is 3.37. The van der Waals surface area contributed by atoms with Crippen LogP contribution < -0.4 is 10.1 Å². The molecule has 0 amide bonds. The summed E-state index contributed by atoms with van der Waals surface area (Å²) in [4.78, 5) is 0. The number of allylic oxidation sites excluding steroid dienone is 2. The SMILES string of the molecule is N=C(C1=CCCCC1Nc1cccc(C2CC=CC3Oc4c(ccc5ccccc45)C32)c1)c1ccccc1. The first-order chi connectivity index (χ1) is 18.8. The van der Waals surface area contributed by atoms with Gasteiger partial charge in [0.2, 0.25) is 0 Å². The molecule has 2 aliphatic carbocycles. The molecule has 0 aromatic heterocycles. The quantitative estimate of drug-likeness (QED) is 0.215. The first-order valence-corrected chi connectivity index (χ1v) is 13.8. The van der Waals surface area contributed by atoms with Gasteiger partial charge in [0.1, 0.15) is 11.9 Å². The van der Waals surface area contributed by atoms with Crippen molar-refractivity contribution >= 4 is 22.2 Å². The van der Waals surface area contributed by atoms with Crippen molar-refractivity contribution in [3.8, 4) is 5.75 Å². The van der Waals surface area contributed by atoms with Gasteiger partial charge in [-0.3, -0.25) is 5.41 Å². The lowest BCUT2D eigenvalue weighted by atomic mass is 9.74. The summed E-state index contributed by atoms with van der Waals surface area (Å²) < 4.78 is 6.58. The topological polar surface area (TPSA) is 45.1 Å². The van der Waals surface area contributed by atoms with Crippen molar-refractivity contribution in [3.05, 3.63) is 131 Å². The van der Waals surface area contributed by atoms with Gasteiger partial charge >= 0.3 is 0 Å². The standard InChI is InChI=1S/C35H32N2O/c36-34(24-11-2-1-3-12-24)29-16-6-7-18-31(29)37-26-14-8-13-25(22-26)27-17-9-19-32-33(27)30-21-20-23-10-4-5-15-28(23)35(30)38-32/h1-5,8-16,19-22,27,31-33,36-37H,6-7,17-18H2. The third-order valence-electron chi connectivity index (χ3n) is 8.47. The molecule has 0 saturated carbocycles. The Morgan fingerprint density at radius 2 is 1.76 bits per heavy atom. The maximum Gasteiger partial charge on any atom is 0.131 e. The molecule has 4 atom stereocenters. The largest absolute Gasteiger partial charge is 0.485 e. The van der Waals surface area contributed by atoms with Gasteiger partial charge in [-0.1, -0.05) is 91.0 Å². The van der Waals surface area contributed by atoms with Crippen molar-refractivity contribution in [3.63, 3.8) is 0 Å². The van der Waals surface area contributed by atoms with Crippen LogP contribution in [0.15, 0.2) is 115 Å². The van der Waals surface area contributed by atoms with E-state index in [9.17, 15) is 0 Å². The van der Waals surface area contributed by atoms with Gasteiger partial charge in [-0.15, -0.1) is 0 Å². The Bertz CT molecular complexity index is 1570. The Kier molecular flexibility index (Phi) is 5.85. The number of rotatable bonds is 5. The highest BCUT2D eigenvalue weighted by Gasteiger charge is 2.41. The summed E-state index contributed by atoms with van der Waals surface area (Å²) in [5.74, 6) is 1.73. The third kappa shape index (κ3) is 4.03. The van der Waals surface area contributed by atoms with E-state index in [1.54, 1.807) is 0 Å². The highest BCUT2D eigenvalue weighted by atomic mass is 16.5. The normalized spacial score (nSPS) is 23.7. The van der Waals surface area contributed by atoms with Crippen LogP contribution in [0.1, 0.15) is 54.2 Å². The lowest BCUT2D eigenvalue weighted by Gasteiger charge is -2.31. The lowest BCUT2D eigenvalue weighted by molar-refractivity contribution is 0.234. The molecular formula is C35H32N2O. The van der Waals surface area contributed by atoms with Crippen molar-refractivity contribution in [2.24, 2.45) is 0 Å². The number of hydrogen-bond acceptors (Lipinski definition) is 3. The smallest absolute Gasteiger partial charge is 0.131 e. The molecule has 4 aromatic carbocycles. The number of fused-ring (bicyclic) bond motifs is 5. The molecule has 0 saturated heterocycles. The summed E-state index contributed by atoms with van der Waals surface area (Å²) in [6.07, 6.45) is 11.1. The zero-order valence-electron chi connectivity index (χ0n) is 21.4. The maximum absolute atomic E-state index is 8.90. The molecule has 0 radical (unpaired) electrons. The highest BCUT2D eigenvalue weighted by molar-refractivity contribution is 6.11. The molecule has 2 N–H and O–H groups in total. The van der Waals surface area contributed by atoms with Crippen LogP contribution in [0, 0.1) is 5.41 Å². The van der Waals surface area contributed by atoms with Gasteiger partial charge < -0.3 is 10.1 Å². The van der Waals surface area contributed by atoms with Crippen LogP contribution in [0.4, 0.5) is 5.69 Å². The molecule has 3 nitrogen and oxygen atoms in total. The van der Waals surface area contributed by atoms with E-state index in [4.69, 9.17) is 10.1 Å². The molecule has 188 valence electrons. The van der Waals surface area contributed by atoms with Crippen LogP contribution in [0.3, 0.4) is 0 Å². The van der Waals surface area contributed by atoms with E-state index in [2.05, 4.69) is 84.2 Å². The minimum atomic E-state index is 0.0744. The monoisotopic (exact) mass is 496 g/mol. The second kappa shape index (κ2) is 9.64. The maximum atomic E-state index is 8.90. The molecule has 3 heteroatoms. The fourth-order valence-electron chi connectivity index (χ4n) is 6.63. The van der Waals surface area contributed by atoms with Crippen LogP contribution in [-0.4, -0.2) is 17.9 Å². The van der Waals surface area contributed by atoms with Crippen LogP contribution in [0.2, 0.25) is 0 Å². The van der Waals surface area contributed by atoms with Crippen molar-refractivity contribution in [2.75, 3.05) is 5.32 Å². The van der Waals surface area contributed by atoms with Gasteiger partial charge in [0.15, 0.2) is 0 Å². The molecule has 4 unspecified atom stereocenters. The second-order valence-corrected chi connectivity index (χ2v) is 10.7. The molecule has 7 rings (SSSR count). The van der Waals surface area contributed by atoms with Gasteiger partial charge in [-0.2, -0.15) is 0 Å². The Morgan fingerprint density at radius 3 is 2.68 bits per heavy atom. The van der Waals surface area contributed by atoms with E-state index in [-0.39, 0.29) is 12.1 Å². The van der Waals surface area contributed by atoms with Crippen LogP contribution in [0.25, 0.3) is 10.8 Å². The number of nitrogens with one attached hydrogen (secondary N) is 2. The van der Waals surface area contributed by atoms with Gasteiger partial charge in [0.25, 0.3) is 0 Å². The zero-order chi connectivity index (χ0) is 25.5. The molecule has 0 fully saturated rings. The van der Waals surface area contributed by atoms with Gasteiger partial charge in [0.05, 0.1) is 11.8 Å². The highest BCUT2D eigenvalue weighted by Crippen LogP contribution is 2.52. The minimum absolute atomic E-state index is 0.0744.